The predicted molar refractivity (Wildman–Crippen MR) is 92.6 cm³/mol. The zero-order valence-electron chi connectivity index (χ0n) is 11.7. The SMILES string of the molecule is CCOc1cc(Br)c(C(O)c2csc(Br)c2)cc1OCC. The van der Waals surface area contributed by atoms with Crippen LogP contribution in [0.4, 0.5) is 0 Å². The maximum absolute atomic E-state index is 10.6. The van der Waals surface area contributed by atoms with Gasteiger partial charge in [0.2, 0.25) is 0 Å². The van der Waals surface area contributed by atoms with Crippen LogP contribution < -0.4 is 9.47 Å². The Labute approximate surface area is 145 Å². The molecule has 1 N–H and O–H groups in total. The van der Waals surface area contributed by atoms with Crippen LogP contribution in [0.3, 0.4) is 0 Å². The van der Waals surface area contributed by atoms with E-state index < -0.39 is 6.10 Å². The van der Waals surface area contributed by atoms with Gasteiger partial charge in [-0.1, -0.05) is 15.9 Å². The number of aliphatic hydroxyl groups is 1. The van der Waals surface area contributed by atoms with E-state index in [1.54, 1.807) is 11.3 Å². The van der Waals surface area contributed by atoms with Crippen molar-refractivity contribution in [2.75, 3.05) is 13.2 Å². The first-order chi connectivity index (χ1) is 10.1. The monoisotopic (exact) mass is 434 g/mol. The first kappa shape index (κ1) is 16.8. The Hall–Kier alpha value is -0.560. The van der Waals surface area contributed by atoms with Gasteiger partial charge in [-0.2, -0.15) is 0 Å². The Morgan fingerprint density at radius 1 is 1.10 bits per heavy atom. The molecule has 1 atom stereocenters. The molecule has 0 saturated carbocycles. The maximum atomic E-state index is 10.6. The lowest BCUT2D eigenvalue weighted by molar-refractivity contribution is 0.218. The molecule has 3 nitrogen and oxygen atoms in total. The highest BCUT2D eigenvalue weighted by atomic mass is 79.9. The van der Waals surface area contributed by atoms with Crippen LogP contribution in [0.25, 0.3) is 0 Å². The third-order valence-electron chi connectivity index (χ3n) is 2.86. The smallest absolute Gasteiger partial charge is 0.162 e. The Morgan fingerprint density at radius 3 is 2.24 bits per heavy atom. The molecule has 0 aliphatic rings. The van der Waals surface area contributed by atoms with Crippen molar-refractivity contribution in [3.05, 3.63) is 43.0 Å². The normalized spacial score (nSPS) is 12.2. The van der Waals surface area contributed by atoms with E-state index in [9.17, 15) is 5.11 Å². The summed E-state index contributed by atoms with van der Waals surface area (Å²) < 4.78 is 13.0. The Kier molecular flexibility index (Phi) is 6.10. The summed E-state index contributed by atoms with van der Waals surface area (Å²) in [7, 11) is 0. The van der Waals surface area contributed by atoms with Crippen molar-refractivity contribution in [3.63, 3.8) is 0 Å². The third kappa shape index (κ3) is 4.00. The minimum Gasteiger partial charge on any atom is -0.490 e. The van der Waals surface area contributed by atoms with E-state index in [0.29, 0.717) is 24.7 Å². The molecule has 0 fully saturated rings. The highest BCUT2D eigenvalue weighted by Gasteiger charge is 2.19. The fourth-order valence-corrected chi connectivity index (χ4v) is 3.68. The van der Waals surface area contributed by atoms with E-state index in [-0.39, 0.29) is 0 Å². The number of rotatable bonds is 6. The van der Waals surface area contributed by atoms with Gasteiger partial charge in [0.25, 0.3) is 0 Å². The summed E-state index contributed by atoms with van der Waals surface area (Å²) in [5, 5.41) is 12.5. The minimum absolute atomic E-state index is 0.543. The van der Waals surface area contributed by atoms with Crippen molar-refractivity contribution in [3.8, 4) is 11.5 Å². The average Bonchev–Trinajstić information content (AvgIpc) is 2.88. The largest absolute Gasteiger partial charge is 0.490 e. The van der Waals surface area contributed by atoms with Crippen LogP contribution >= 0.6 is 43.2 Å². The standard InChI is InChI=1S/C15H16Br2O3S/c1-3-19-12-6-10(11(16)7-13(12)20-4-2)15(18)9-5-14(17)21-8-9/h5-8,15,18H,3-4H2,1-2H3. The molecule has 21 heavy (non-hydrogen) atoms. The zero-order chi connectivity index (χ0) is 15.4. The van der Waals surface area contributed by atoms with Crippen molar-refractivity contribution >= 4 is 43.2 Å². The lowest BCUT2D eigenvalue weighted by Gasteiger charge is -2.17. The van der Waals surface area contributed by atoms with Crippen LogP contribution in [0.5, 0.6) is 11.5 Å². The third-order valence-corrected chi connectivity index (χ3v) is 5.07. The van der Waals surface area contributed by atoms with Gasteiger partial charge < -0.3 is 14.6 Å². The first-order valence-electron chi connectivity index (χ1n) is 6.57. The Bertz CT molecular complexity index is 613. The molecular formula is C15H16Br2O3S. The molecule has 0 spiro atoms. The van der Waals surface area contributed by atoms with Gasteiger partial charge in [-0.15, -0.1) is 11.3 Å². The van der Waals surface area contributed by atoms with E-state index in [0.717, 1.165) is 19.4 Å². The number of ether oxygens (including phenoxy) is 2. The molecule has 6 heteroatoms. The summed E-state index contributed by atoms with van der Waals surface area (Å²) in [6.45, 7) is 4.95. The van der Waals surface area contributed by atoms with Gasteiger partial charge in [-0.25, -0.2) is 0 Å². The summed E-state index contributed by atoms with van der Waals surface area (Å²) in [6.07, 6.45) is -0.711. The molecule has 1 unspecified atom stereocenters. The molecule has 1 aromatic heterocycles. The summed E-state index contributed by atoms with van der Waals surface area (Å²) in [6, 6.07) is 5.59. The number of thiophene rings is 1. The highest BCUT2D eigenvalue weighted by Crippen LogP contribution is 2.39. The molecule has 0 bridgehead atoms. The van der Waals surface area contributed by atoms with Crippen molar-refractivity contribution in [1.82, 2.24) is 0 Å². The van der Waals surface area contributed by atoms with Gasteiger partial charge in [-0.05, 0) is 58.9 Å². The van der Waals surface area contributed by atoms with Crippen LogP contribution in [0.15, 0.2) is 31.8 Å². The van der Waals surface area contributed by atoms with E-state index >= 15 is 0 Å². The minimum atomic E-state index is -0.711. The van der Waals surface area contributed by atoms with Crippen LogP contribution in [0.2, 0.25) is 0 Å². The fraction of sp³-hybridized carbons (Fsp3) is 0.333. The van der Waals surface area contributed by atoms with Gasteiger partial charge in [0.15, 0.2) is 11.5 Å². The molecule has 114 valence electrons. The molecular weight excluding hydrogens is 420 g/mol. The van der Waals surface area contributed by atoms with Crippen molar-refractivity contribution in [1.29, 1.82) is 0 Å². The topological polar surface area (TPSA) is 38.7 Å². The van der Waals surface area contributed by atoms with Crippen LogP contribution in [0.1, 0.15) is 31.1 Å². The second-order valence-electron chi connectivity index (χ2n) is 4.27. The average molecular weight is 436 g/mol. The van der Waals surface area contributed by atoms with Crippen molar-refractivity contribution in [2.45, 2.75) is 20.0 Å². The lowest BCUT2D eigenvalue weighted by Crippen LogP contribution is -2.03. The summed E-state index contributed by atoms with van der Waals surface area (Å²) >= 11 is 8.46. The number of benzene rings is 1. The van der Waals surface area contributed by atoms with Gasteiger partial charge in [0, 0.05) is 10.0 Å². The molecule has 1 heterocycles. The molecule has 0 saturated heterocycles. The number of halogens is 2. The zero-order valence-corrected chi connectivity index (χ0v) is 15.7. The second-order valence-corrected chi connectivity index (χ2v) is 7.42. The Morgan fingerprint density at radius 2 is 1.71 bits per heavy atom. The predicted octanol–water partition coefficient (Wildman–Crippen LogP) is 5.15. The van der Waals surface area contributed by atoms with Gasteiger partial charge in [0.1, 0.15) is 6.10 Å². The van der Waals surface area contributed by atoms with Crippen LogP contribution in [0, 0.1) is 0 Å². The highest BCUT2D eigenvalue weighted by molar-refractivity contribution is 9.11. The number of hydrogen-bond acceptors (Lipinski definition) is 4. The number of hydrogen-bond donors (Lipinski definition) is 1. The van der Waals surface area contributed by atoms with E-state index in [4.69, 9.17) is 9.47 Å². The molecule has 0 amide bonds. The van der Waals surface area contributed by atoms with Crippen molar-refractivity contribution in [2.24, 2.45) is 0 Å². The van der Waals surface area contributed by atoms with Crippen molar-refractivity contribution < 1.29 is 14.6 Å². The quantitative estimate of drug-likeness (QED) is 0.681. The first-order valence-corrected chi connectivity index (χ1v) is 9.04. The molecule has 0 radical (unpaired) electrons. The summed E-state index contributed by atoms with van der Waals surface area (Å²) in [4.78, 5) is 0. The van der Waals surface area contributed by atoms with Gasteiger partial charge in [-0.3, -0.25) is 0 Å². The van der Waals surface area contributed by atoms with E-state index in [1.165, 1.54) is 0 Å². The van der Waals surface area contributed by atoms with Gasteiger partial charge >= 0.3 is 0 Å². The molecule has 1 aromatic carbocycles. The summed E-state index contributed by atoms with van der Waals surface area (Å²) in [5.41, 5.74) is 1.60. The number of aliphatic hydroxyl groups excluding tert-OH is 1. The Balaban J connectivity index is 2.40. The van der Waals surface area contributed by atoms with Crippen LogP contribution in [-0.4, -0.2) is 18.3 Å². The summed E-state index contributed by atoms with van der Waals surface area (Å²) in [5.74, 6) is 1.32. The molecule has 2 rings (SSSR count). The molecule has 0 aliphatic carbocycles. The van der Waals surface area contributed by atoms with Crippen LogP contribution in [-0.2, 0) is 0 Å². The lowest BCUT2D eigenvalue weighted by atomic mass is 10.0. The van der Waals surface area contributed by atoms with E-state index in [1.807, 2.05) is 37.4 Å². The molecule has 2 aromatic rings. The van der Waals surface area contributed by atoms with E-state index in [2.05, 4.69) is 31.9 Å². The maximum Gasteiger partial charge on any atom is 0.162 e. The van der Waals surface area contributed by atoms with Gasteiger partial charge in [0.05, 0.1) is 17.0 Å². The molecule has 0 aliphatic heterocycles. The second kappa shape index (κ2) is 7.63. The fourth-order valence-electron chi connectivity index (χ4n) is 1.94.